The number of nitrogens with one attached hydrogen (secondary N) is 1. The van der Waals surface area contributed by atoms with Crippen LogP contribution in [0.1, 0.15) is 24.4 Å². The molecule has 1 aliphatic heterocycles. The van der Waals surface area contributed by atoms with Crippen LogP contribution in [0.3, 0.4) is 0 Å². The SMILES string of the molecule is CSc1ccc(-c2noc(C3=C(C)N(c4ccc(F)c(F)c4)C(=O)NC3c3ccccc3)n2)cc1. The van der Waals surface area contributed by atoms with Crippen LogP contribution in [0.25, 0.3) is 17.0 Å². The first-order valence-corrected chi connectivity index (χ1v) is 12.0. The smallest absolute Gasteiger partial charge is 0.327 e. The van der Waals surface area contributed by atoms with Crippen molar-refractivity contribution in [1.82, 2.24) is 15.5 Å². The number of amides is 2. The molecule has 4 aromatic rings. The monoisotopic (exact) mass is 490 g/mol. The highest BCUT2D eigenvalue weighted by atomic mass is 32.2. The van der Waals surface area contributed by atoms with E-state index in [1.165, 1.54) is 11.0 Å². The second-order valence-corrected chi connectivity index (χ2v) is 8.76. The number of hydrogen-bond acceptors (Lipinski definition) is 5. The zero-order valence-electron chi connectivity index (χ0n) is 18.8. The molecule has 0 spiro atoms. The van der Waals surface area contributed by atoms with Crippen LogP contribution in [0.4, 0.5) is 19.3 Å². The van der Waals surface area contributed by atoms with Crippen LogP contribution in [-0.4, -0.2) is 22.4 Å². The van der Waals surface area contributed by atoms with E-state index in [4.69, 9.17) is 4.52 Å². The maximum Gasteiger partial charge on any atom is 0.327 e. The Bertz CT molecular complexity index is 1420. The summed E-state index contributed by atoms with van der Waals surface area (Å²) in [5, 5.41) is 7.10. The van der Waals surface area contributed by atoms with Crippen molar-refractivity contribution in [3.05, 3.63) is 102 Å². The van der Waals surface area contributed by atoms with Crippen molar-refractivity contribution in [3.63, 3.8) is 0 Å². The van der Waals surface area contributed by atoms with Crippen molar-refractivity contribution < 1.29 is 18.1 Å². The molecule has 35 heavy (non-hydrogen) atoms. The average molecular weight is 491 g/mol. The van der Waals surface area contributed by atoms with E-state index in [2.05, 4.69) is 15.5 Å². The van der Waals surface area contributed by atoms with Crippen molar-refractivity contribution >= 4 is 29.1 Å². The minimum Gasteiger partial charge on any atom is -0.334 e. The third kappa shape index (κ3) is 4.30. The number of anilines is 1. The molecule has 0 saturated heterocycles. The van der Waals surface area contributed by atoms with Gasteiger partial charge in [0.05, 0.1) is 17.3 Å². The Morgan fingerprint density at radius 3 is 2.43 bits per heavy atom. The minimum atomic E-state index is -1.05. The van der Waals surface area contributed by atoms with Gasteiger partial charge >= 0.3 is 6.03 Å². The van der Waals surface area contributed by atoms with Gasteiger partial charge in [-0.1, -0.05) is 35.5 Å². The molecule has 1 aromatic heterocycles. The number of halogens is 2. The molecular weight excluding hydrogens is 470 g/mol. The van der Waals surface area contributed by atoms with Crippen molar-refractivity contribution in [2.24, 2.45) is 0 Å². The molecule has 2 heterocycles. The summed E-state index contributed by atoms with van der Waals surface area (Å²) in [6.45, 7) is 1.71. The first-order valence-electron chi connectivity index (χ1n) is 10.8. The van der Waals surface area contributed by atoms with E-state index >= 15 is 0 Å². The van der Waals surface area contributed by atoms with Crippen molar-refractivity contribution in [1.29, 1.82) is 0 Å². The summed E-state index contributed by atoms with van der Waals surface area (Å²) < 4.78 is 33.2. The number of thioether (sulfide) groups is 1. The maximum absolute atomic E-state index is 14.0. The molecule has 176 valence electrons. The summed E-state index contributed by atoms with van der Waals surface area (Å²) in [6, 6.07) is 19.4. The lowest BCUT2D eigenvalue weighted by Crippen LogP contribution is -2.46. The van der Waals surface area contributed by atoms with E-state index in [-0.39, 0.29) is 11.6 Å². The van der Waals surface area contributed by atoms with Crippen molar-refractivity contribution in [2.75, 3.05) is 11.2 Å². The highest BCUT2D eigenvalue weighted by Gasteiger charge is 2.36. The number of carbonyl (C=O) groups excluding carboxylic acids is 1. The first kappa shape index (κ1) is 22.8. The minimum absolute atomic E-state index is 0.176. The largest absolute Gasteiger partial charge is 0.334 e. The van der Waals surface area contributed by atoms with Crippen LogP contribution >= 0.6 is 11.8 Å². The van der Waals surface area contributed by atoms with Gasteiger partial charge in [-0.25, -0.2) is 13.6 Å². The molecule has 9 heteroatoms. The summed E-state index contributed by atoms with van der Waals surface area (Å²) in [6.07, 6.45) is 2.00. The molecule has 1 N–H and O–H groups in total. The van der Waals surface area contributed by atoms with E-state index in [1.807, 2.05) is 60.9 Å². The van der Waals surface area contributed by atoms with Crippen molar-refractivity contribution in [2.45, 2.75) is 17.9 Å². The second-order valence-electron chi connectivity index (χ2n) is 7.88. The molecule has 0 bridgehead atoms. The normalized spacial score (nSPS) is 15.9. The van der Waals surface area contributed by atoms with Gasteiger partial charge in [0, 0.05) is 22.2 Å². The van der Waals surface area contributed by atoms with Crippen LogP contribution in [0, 0.1) is 11.6 Å². The van der Waals surface area contributed by atoms with Gasteiger partial charge < -0.3 is 9.84 Å². The fourth-order valence-corrected chi connectivity index (χ4v) is 4.45. The fraction of sp³-hybridized carbons (Fsp3) is 0.115. The Kier molecular flexibility index (Phi) is 6.08. The molecule has 0 radical (unpaired) electrons. The second kappa shape index (κ2) is 9.34. The Balaban J connectivity index is 1.63. The van der Waals surface area contributed by atoms with Gasteiger partial charge in [-0.05, 0) is 55.1 Å². The number of aromatic nitrogens is 2. The lowest BCUT2D eigenvalue weighted by Gasteiger charge is -2.35. The van der Waals surface area contributed by atoms with Gasteiger partial charge in [0.25, 0.3) is 5.89 Å². The molecular formula is C26H20F2N4O2S. The van der Waals surface area contributed by atoms with Gasteiger partial charge in [0.1, 0.15) is 0 Å². The molecule has 0 aliphatic carbocycles. The van der Waals surface area contributed by atoms with E-state index in [0.29, 0.717) is 17.1 Å². The summed E-state index contributed by atoms with van der Waals surface area (Å²) in [5.41, 5.74) is 2.78. The molecule has 1 atom stereocenters. The maximum atomic E-state index is 14.0. The zero-order valence-corrected chi connectivity index (χ0v) is 19.6. The Morgan fingerprint density at radius 2 is 1.74 bits per heavy atom. The van der Waals surface area contributed by atoms with Gasteiger partial charge in [0.2, 0.25) is 5.82 Å². The summed E-state index contributed by atoms with van der Waals surface area (Å²) in [5.74, 6) is -1.43. The number of rotatable bonds is 5. The summed E-state index contributed by atoms with van der Waals surface area (Å²) in [4.78, 5) is 20.1. The van der Waals surface area contributed by atoms with Crippen LogP contribution in [0.5, 0.6) is 0 Å². The standard InChI is InChI=1S/C26H20F2N4O2S/c1-15-22(25-30-24(31-34-25)17-8-11-19(35-2)12-9-17)23(16-6-4-3-5-7-16)29-26(33)32(15)18-10-13-20(27)21(28)14-18/h3-14,23H,1-2H3,(H,29,33). The topological polar surface area (TPSA) is 71.3 Å². The average Bonchev–Trinajstić information content (AvgIpc) is 3.36. The quantitative estimate of drug-likeness (QED) is 0.326. The number of carbonyl (C=O) groups is 1. The van der Waals surface area contributed by atoms with Crippen LogP contribution < -0.4 is 10.2 Å². The molecule has 5 rings (SSSR count). The predicted octanol–water partition coefficient (Wildman–Crippen LogP) is 6.44. The number of hydrogen-bond donors (Lipinski definition) is 1. The molecule has 6 nitrogen and oxygen atoms in total. The summed E-state index contributed by atoms with van der Waals surface area (Å²) in [7, 11) is 0. The Morgan fingerprint density at radius 1 is 1.00 bits per heavy atom. The van der Waals surface area contributed by atoms with Crippen LogP contribution in [0.15, 0.2) is 87.9 Å². The van der Waals surface area contributed by atoms with Crippen LogP contribution in [0.2, 0.25) is 0 Å². The number of urea groups is 1. The van der Waals surface area contributed by atoms with E-state index in [0.717, 1.165) is 28.2 Å². The van der Waals surface area contributed by atoms with Gasteiger partial charge in [-0.15, -0.1) is 11.8 Å². The molecule has 0 saturated carbocycles. The molecule has 1 aliphatic rings. The summed E-state index contributed by atoms with van der Waals surface area (Å²) >= 11 is 1.63. The van der Waals surface area contributed by atoms with E-state index in [1.54, 1.807) is 18.7 Å². The predicted molar refractivity (Wildman–Crippen MR) is 131 cm³/mol. The molecule has 2 amide bonds. The number of allylic oxidation sites excluding steroid dienone is 1. The highest BCUT2D eigenvalue weighted by molar-refractivity contribution is 7.98. The van der Waals surface area contributed by atoms with Gasteiger partial charge in [0.15, 0.2) is 11.6 Å². The lowest BCUT2D eigenvalue weighted by atomic mass is 9.94. The fourth-order valence-electron chi connectivity index (χ4n) is 4.04. The molecule has 3 aromatic carbocycles. The third-order valence-corrected chi connectivity index (χ3v) is 6.53. The highest BCUT2D eigenvalue weighted by Crippen LogP contribution is 2.39. The van der Waals surface area contributed by atoms with E-state index in [9.17, 15) is 13.6 Å². The van der Waals surface area contributed by atoms with Crippen molar-refractivity contribution in [3.8, 4) is 11.4 Å². The van der Waals surface area contributed by atoms with Gasteiger partial charge in [-0.2, -0.15) is 4.98 Å². The number of benzene rings is 3. The lowest BCUT2D eigenvalue weighted by molar-refractivity contribution is 0.244. The number of nitrogens with zero attached hydrogens (tertiary/aromatic N) is 3. The Hall–Kier alpha value is -3.98. The zero-order chi connectivity index (χ0) is 24.5. The molecule has 0 fully saturated rings. The van der Waals surface area contributed by atoms with Crippen LogP contribution in [-0.2, 0) is 0 Å². The third-order valence-electron chi connectivity index (χ3n) is 5.78. The van der Waals surface area contributed by atoms with Gasteiger partial charge in [-0.3, -0.25) is 4.90 Å². The molecule has 1 unspecified atom stereocenters. The first-order chi connectivity index (χ1) is 17.0. The van der Waals surface area contributed by atoms with E-state index < -0.39 is 23.7 Å². The Labute approximate surface area is 204 Å².